The third kappa shape index (κ3) is 1.97. The van der Waals surface area contributed by atoms with Crippen LogP contribution in [0, 0.1) is 0 Å². The van der Waals surface area contributed by atoms with Crippen molar-refractivity contribution in [1.82, 2.24) is 9.97 Å². The highest BCUT2D eigenvalue weighted by Crippen LogP contribution is 2.40. The van der Waals surface area contributed by atoms with Crippen molar-refractivity contribution in [2.24, 2.45) is 0 Å². The van der Waals surface area contributed by atoms with Crippen molar-refractivity contribution in [3.63, 3.8) is 0 Å². The molecule has 0 spiro atoms. The SMILES string of the molecule is Clc1cccc(-c2cc3ncnc(Cl)c3s2)c1Cl. The third-order valence-corrected chi connectivity index (χ3v) is 4.87. The van der Waals surface area contributed by atoms with Crippen molar-refractivity contribution < 1.29 is 0 Å². The van der Waals surface area contributed by atoms with Gasteiger partial charge in [-0.2, -0.15) is 0 Å². The van der Waals surface area contributed by atoms with E-state index in [-0.39, 0.29) is 0 Å². The lowest BCUT2D eigenvalue weighted by Gasteiger charge is -2.01. The van der Waals surface area contributed by atoms with Crippen LogP contribution in [0.4, 0.5) is 0 Å². The minimum Gasteiger partial charge on any atom is -0.235 e. The van der Waals surface area contributed by atoms with Gasteiger partial charge in [0.05, 0.1) is 20.3 Å². The van der Waals surface area contributed by atoms with Gasteiger partial charge in [-0.3, -0.25) is 0 Å². The smallest absolute Gasteiger partial charge is 0.150 e. The molecule has 3 aromatic rings. The van der Waals surface area contributed by atoms with Gasteiger partial charge in [0.2, 0.25) is 0 Å². The number of halogens is 3. The summed E-state index contributed by atoms with van der Waals surface area (Å²) in [6, 6.07) is 7.47. The first-order valence-electron chi connectivity index (χ1n) is 5.01. The van der Waals surface area contributed by atoms with Crippen LogP contribution in [0.3, 0.4) is 0 Å². The molecule has 0 radical (unpaired) electrons. The molecule has 0 aliphatic rings. The van der Waals surface area contributed by atoms with Crippen molar-refractivity contribution in [3.05, 3.63) is 45.8 Å². The van der Waals surface area contributed by atoms with Crippen LogP contribution in [0.25, 0.3) is 20.7 Å². The van der Waals surface area contributed by atoms with Crippen molar-refractivity contribution in [1.29, 1.82) is 0 Å². The summed E-state index contributed by atoms with van der Waals surface area (Å²) in [6.07, 6.45) is 1.45. The number of fused-ring (bicyclic) bond motifs is 1. The predicted molar refractivity (Wildman–Crippen MR) is 77.9 cm³/mol. The summed E-state index contributed by atoms with van der Waals surface area (Å²) in [5, 5.41) is 1.52. The summed E-state index contributed by atoms with van der Waals surface area (Å²) in [4.78, 5) is 9.11. The van der Waals surface area contributed by atoms with Gasteiger partial charge in [0.25, 0.3) is 0 Å². The molecule has 0 atom stereocenters. The number of rotatable bonds is 1. The highest BCUT2D eigenvalue weighted by molar-refractivity contribution is 7.22. The fourth-order valence-electron chi connectivity index (χ4n) is 1.65. The van der Waals surface area contributed by atoms with Gasteiger partial charge in [0.1, 0.15) is 11.5 Å². The molecule has 0 aliphatic carbocycles. The average molecular weight is 316 g/mol. The lowest BCUT2D eigenvalue weighted by molar-refractivity contribution is 1.23. The molecule has 0 unspecified atom stereocenters. The molecule has 0 saturated heterocycles. The van der Waals surface area contributed by atoms with Crippen LogP contribution in [0.1, 0.15) is 0 Å². The lowest BCUT2D eigenvalue weighted by atomic mass is 10.2. The first kappa shape index (κ1) is 12.2. The molecule has 3 rings (SSSR count). The maximum absolute atomic E-state index is 6.20. The van der Waals surface area contributed by atoms with Crippen molar-refractivity contribution >= 4 is 56.4 Å². The van der Waals surface area contributed by atoms with Crippen LogP contribution >= 0.6 is 46.1 Å². The normalized spacial score (nSPS) is 11.1. The molecule has 6 heteroatoms. The zero-order valence-electron chi connectivity index (χ0n) is 8.82. The van der Waals surface area contributed by atoms with Gasteiger partial charge >= 0.3 is 0 Å². The number of benzene rings is 1. The van der Waals surface area contributed by atoms with Crippen LogP contribution < -0.4 is 0 Å². The van der Waals surface area contributed by atoms with Gasteiger partial charge in [0.15, 0.2) is 0 Å². The molecule has 0 aliphatic heterocycles. The number of aromatic nitrogens is 2. The van der Waals surface area contributed by atoms with Crippen molar-refractivity contribution in [3.8, 4) is 10.4 Å². The first-order chi connectivity index (χ1) is 8.66. The molecule has 2 heterocycles. The van der Waals surface area contributed by atoms with Crippen LogP contribution in [0.2, 0.25) is 15.2 Å². The van der Waals surface area contributed by atoms with E-state index in [0.717, 1.165) is 20.7 Å². The van der Waals surface area contributed by atoms with E-state index in [4.69, 9.17) is 34.8 Å². The van der Waals surface area contributed by atoms with Crippen LogP contribution in [-0.4, -0.2) is 9.97 Å². The van der Waals surface area contributed by atoms with Gasteiger partial charge in [-0.1, -0.05) is 46.9 Å². The van der Waals surface area contributed by atoms with E-state index >= 15 is 0 Å². The average Bonchev–Trinajstić information content (AvgIpc) is 2.78. The first-order valence-corrected chi connectivity index (χ1v) is 6.96. The fourth-order valence-corrected chi connectivity index (χ4v) is 3.39. The Morgan fingerprint density at radius 3 is 2.67 bits per heavy atom. The van der Waals surface area contributed by atoms with Crippen molar-refractivity contribution in [2.45, 2.75) is 0 Å². The van der Waals surface area contributed by atoms with E-state index in [9.17, 15) is 0 Å². The van der Waals surface area contributed by atoms with E-state index in [1.807, 2.05) is 18.2 Å². The number of nitrogens with zero attached hydrogens (tertiary/aromatic N) is 2. The van der Waals surface area contributed by atoms with E-state index in [0.29, 0.717) is 15.2 Å². The fraction of sp³-hybridized carbons (Fsp3) is 0. The second-order valence-electron chi connectivity index (χ2n) is 3.59. The van der Waals surface area contributed by atoms with E-state index in [1.165, 1.54) is 17.7 Å². The van der Waals surface area contributed by atoms with Crippen molar-refractivity contribution in [2.75, 3.05) is 0 Å². The van der Waals surface area contributed by atoms with E-state index in [2.05, 4.69) is 9.97 Å². The minimum absolute atomic E-state index is 0.453. The Balaban J connectivity index is 2.26. The predicted octanol–water partition coefficient (Wildman–Crippen LogP) is 5.32. The van der Waals surface area contributed by atoms with Crippen LogP contribution in [0.5, 0.6) is 0 Å². The van der Waals surface area contributed by atoms with Gasteiger partial charge < -0.3 is 0 Å². The molecule has 18 heavy (non-hydrogen) atoms. The molecule has 0 amide bonds. The molecule has 90 valence electrons. The summed E-state index contributed by atoms with van der Waals surface area (Å²) in [7, 11) is 0. The highest BCUT2D eigenvalue weighted by atomic mass is 35.5. The standard InChI is InChI=1S/C12H5Cl3N2S/c13-7-3-1-2-6(10(7)14)9-4-8-11(18-9)12(15)17-5-16-8/h1-5H. The maximum atomic E-state index is 6.20. The summed E-state index contributed by atoms with van der Waals surface area (Å²) >= 11 is 19.7. The molecule has 2 nitrogen and oxygen atoms in total. The van der Waals surface area contributed by atoms with Gasteiger partial charge in [-0.15, -0.1) is 11.3 Å². The Morgan fingerprint density at radius 2 is 1.89 bits per heavy atom. The molecule has 0 saturated carbocycles. The van der Waals surface area contributed by atoms with Crippen LogP contribution in [0.15, 0.2) is 30.6 Å². The number of hydrogen-bond donors (Lipinski definition) is 0. The summed E-state index contributed by atoms with van der Waals surface area (Å²) < 4.78 is 0.852. The molecular formula is C12H5Cl3N2S. The maximum Gasteiger partial charge on any atom is 0.150 e. The number of thiophene rings is 1. The molecule has 1 aromatic carbocycles. The Bertz CT molecular complexity index is 739. The zero-order valence-corrected chi connectivity index (χ0v) is 11.9. The largest absolute Gasteiger partial charge is 0.235 e. The van der Waals surface area contributed by atoms with E-state index < -0.39 is 0 Å². The van der Waals surface area contributed by atoms with Gasteiger partial charge in [-0.25, -0.2) is 9.97 Å². The van der Waals surface area contributed by atoms with Crippen LogP contribution in [-0.2, 0) is 0 Å². The van der Waals surface area contributed by atoms with Gasteiger partial charge in [0, 0.05) is 10.4 Å². The Kier molecular flexibility index (Phi) is 3.16. The Hall–Kier alpha value is -0.870. The molecule has 0 fully saturated rings. The lowest BCUT2D eigenvalue weighted by Crippen LogP contribution is -1.77. The highest BCUT2D eigenvalue weighted by Gasteiger charge is 2.12. The molecular weight excluding hydrogens is 311 g/mol. The second kappa shape index (κ2) is 4.67. The topological polar surface area (TPSA) is 25.8 Å². The molecule has 2 aromatic heterocycles. The quantitative estimate of drug-likeness (QED) is 0.568. The Labute approximate surface area is 122 Å². The summed E-state index contributed by atoms with van der Waals surface area (Å²) in [5.74, 6) is 0. The Morgan fingerprint density at radius 1 is 1.06 bits per heavy atom. The minimum atomic E-state index is 0.453. The number of hydrogen-bond acceptors (Lipinski definition) is 3. The van der Waals surface area contributed by atoms with E-state index in [1.54, 1.807) is 6.07 Å². The molecule has 0 bridgehead atoms. The summed E-state index contributed by atoms with van der Waals surface area (Å²) in [5.41, 5.74) is 1.69. The third-order valence-electron chi connectivity index (χ3n) is 2.48. The second-order valence-corrected chi connectivity index (χ2v) is 5.79. The monoisotopic (exact) mass is 314 g/mol. The molecule has 0 N–H and O–H groups in total. The van der Waals surface area contributed by atoms with Gasteiger partial charge in [-0.05, 0) is 12.1 Å². The zero-order chi connectivity index (χ0) is 12.7. The summed E-state index contributed by atoms with van der Waals surface area (Å²) in [6.45, 7) is 0.